The molecule has 106 valence electrons. The Hall–Kier alpha value is -0.890. The highest BCUT2D eigenvalue weighted by Crippen LogP contribution is 2.37. The lowest BCUT2D eigenvalue weighted by Crippen LogP contribution is -2.47. The number of hydrogen-bond donors (Lipinski definition) is 1. The minimum absolute atomic E-state index is 0.0171. The number of alkyl halides is 3. The molecular weight excluding hydrogens is 303 g/mol. The van der Waals surface area contributed by atoms with Gasteiger partial charge in [0.15, 0.2) is 0 Å². The molecule has 2 unspecified atom stereocenters. The summed E-state index contributed by atoms with van der Waals surface area (Å²) in [5.74, 6) is -2.14. The summed E-state index contributed by atoms with van der Waals surface area (Å²) >= 11 is 6.38. The third-order valence-corrected chi connectivity index (χ3v) is 4.11. The number of aromatic nitrogens is 2. The first-order chi connectivity index (χ1) is 8.88. The van der Waals surface area contributed by atoms with Crippen LogP contribution in [0.5, 0.6) is 0 Å². The molecule has 4 nitrogen and oxygen atoms in total. The van der Waals surface area contributed by atoms with Crippen LogP contribution in [0.15, 0.2) is 0 Å². The standard InChI is InChI=1S/C10H11ClF3N3OS/c11-9-17-16-8(19-9)7(18)15-6-4-2-1-3-5(6)10(12,13)14/h5-6H,1-4H2,(H,15,18). The van der Waals surface area contributed by atoms with Gasteiger partial charge in [-0.05, 0) is 24.4 Å². The Morgan fingerprint density at radius 3 is 2.58 bits per heavy atom. The minimum Gasteiger partial charge on any atom is -0.347 e. The zero-order chi connectivity index (χ0) is 14.0. The second kappa shape index (κ2) is 5.62. The van der Waals surface area contributed by atoms with Crippen molar-refractivity contribution in [3.63, 3.8) is 0 Å². The van der Waals surface area contributed by atoms with Crippen LogP contribution < -0.4 is 5.32 Å². The Morgan fingerprint density at radius 1 is 1.32 bits per heavy atom. The third-order valence-electron chi connectivity index (χ3n) is 3.10. The van der Waals surface area contributed by atoms with E-state index >= 15 is 0 Å². The number of rotatable bonds is 2. The molecule has 1 amide bonds. The number of nitrogens with zero attached hydrogens (tertiary/aromatic N) is 2. The largest absolute Gasteiger partial charge is 0.393 e. The minimum atomic E-state index is -4.29. The summed E-state index contributed by atoms with van der Waals surface area (Å²) in [4.78, 5) is 11.8. The maximum absolute atomic E-state index is 12.9. The van der Waals surface area contributed by atoms with Crippen LogP contribution in [0.4, 0.5) is 13.2 Å². The number of halogens is 4. The van der Waals surface area contributed by atoms with E-state index in [4.69, 9.17) is 11.6 Å². The van der Waals surface area contributed by atoms with Crippen molar-refractivity contribution < 1.29 is 18.0 Å². The SMILES string of the molecule is O=C(NC1CCCCC1C(F)(F)F)c1nnc(Cl)s1. The number of hydrogen-bond acceptors (Lipinski definition) is 4. The number of nitrogens with one attached hydrogen (secondary N) is 1. The van der Waals surface area contributed by atoms with Gasteiger partial charge in [-0.25, -0.2) is 0 Å². The normalized spacial score (nSPS) is 24.2. The van der Waals surface area contributed by atoms with Gasteiger partial charge in [-0.15, -0.1) is 10.2 Å². The van der Waals surface area contributed by atoms with E-state index < -0.39 is 24.0 Å². The quantitative estimate of drug-likeness (QED) is 0.913. The summed E-state index contributed by atoms with van der Waals surface area (Å²) in [6, 6.07) is -0.899. The zero-order valence-electron chi connectivity index (χ0n) is 9.71. The van der Waals surface area contributed by atoms with Crippen molar-refractivity contribution >= 4 is 28.8 Å². The van der Waals surface area contributed by atoms with Crippen molar-refractivity contribution in [2.24, 2.45) is 5.92 Å². The highest BCUT2D eigenvalue weighted by Gasteiger charge is 2.46. The van der Waals surface area contributed by atoms with Crippen LogP contribution in [-0.2, 0) is 0 Å². The molecular formula is C10H11ClF3N3OS. The first kappa shape index (κ1) is 14.5. The van der Waals surface area contributed by atoms with E-state index in [9.17, 15) is 18.0 Å². The van der Waals surface area contributed by atoms with Crippen molar-refractivity contribution in [2.75, 3.05) is 0 Å². The van der Waals surface area contributed by atoms with E-state index in [2.05, 4.69) is 15.5 Å². The smallest absolute Gasteiger partial charge is 0.347 e. The molecule has 1 aliphatic rings. The van der Waals surface area contributed by atoms with Crippen LogP contribution in [-0.4, -0.2) is 28.3 Å². The highest BCUT2D eigenvalue weighted by atomic mass is 35.5. The number of carbonyl (C=O) groups is 1. The number of amides is 1. The molecule has 0 bridgehead atoms. The maximum atomic E-state index is 12.9. The first-order valence-corrected chi connectivity index (χ1v) is 6.94. The molecule has 1 aliphatic carbocycles. The predicted molar refractivity (Wildman–Crippen MR) is 64.2 cm³/mol. The fraction of sp³-hybridized carbons (Fsp3) is 0.700. The molecule has 19 heavy (non-hydrogen) atoms. The summed E-state index contributed by atoms with van der Waals surface area (Å²) in [5, 5.41) is 9.34. The lowest BCUT2D eigenvalue weighted by Gasteiger charge is -2.33. The molecule has 0 aliphatic heterocycles. The molecule has 2 rings (SSSR count). The second-order valence-electron chi connectivity index (χ2n) is 4.37. The summed E-state index contributed by atoms with van der Waals surface area (Å²) < 4.78 is 38.6. The fourth-order valence-electron chi connectivity index (χ4n) is 2.22. The molecule has 0 radical (unpaired) electrons. The molecule has 1 aromatic heterocycles. The molecule has 0 saturated heterocycles. The molecule has 0 aromatic carbocycles. The van der Waals surface area contributed by atoms with Gasteiger partial charge in [0.25, 0.3) is 5.91 Å². The first-order valence-electron chi connectivity index (χ1n) is 5.74. The van der Waals surface area contributed by atoms with Crippen molar-refractivity contribution in [3.05, 3.63) is 9.47 Å². The summed E-state index contributed by atoms with van der Waals surface area (Å²) in [6.45, 7) is 0. The Bertz CT molecular complexity index is 465. The lowest BCUT2D eigenvalue weighted by atomic mass is 9.84. The molecule has 1 aromatic rings. The van der Waals surface area contributed by atoms with E-state index in [1.54, 1.807) is 0 Å². The zero-order valence-corrected chi connectivity index (χ0v) is 11.3. The molecule has 0 spiro atoms. The topological polar surface area (TPSA) is 54.9 Å². The molecule has 1 saturated carbocycles. The van der Waals surface area contributed by atoms with E-state index in [0.29, 0.717) is 19.3 Å². The molecule has 1 fully saturated rings. The van der Waals surface area contributed by atoms with Crippen molar-refractivity contribution in [3.8, 4) is 0 Å². The fourth-order valence-corrected chi connectivity index (χ4v) is 2.95. The monoisotopic (exact) mass is 313 g/mol. The van der Waals surface area contributed by atoms with Gasteiger partial charge in [0.1, 0.15) is 0 Å². The van der Waals surface area contributed by atoms with E-state index in [1.165, 1.54) is 0 Å². The van der Waals surface area contributed by atoms with Crippen LogP contribution in [0.2, 0.25) is 4.47 Å². The van der Waals surface area contributed by atoms with Crippen molar-refractivity contribution in [2.45, 2.75) is 37.9 Å². The van der Waals surface area contributed by atoms with Crippen LogP contribution >= 0.6 is 22.9 Å². The third kappa shape index (κ3) is 3.56. The summed E-state index contributed by atoms with van der Waals surface area (Å²) in [6.07, 6.45) is -2.72. The van der Waals surface area contributed by atoms with Gasteiger partial charge in [-0.2, -0.15) is 13.2 Å². The average molecular weight is 314 g/mol. The van der Waals surface area contributed by atoms with Gasteiger partial charge in [0.2, 0.25) is 9.47 Å². The summed E-state index contributed by atoms with van der Waals surface area (Å²) in [7, 11) is 0. The van der Waals surface area contributed by atoms with Gasteiger partial charge < -0.3 is 5.32 Å². The lowest BCUT2D eigenvalue weighted by molar-refractivity contribution is -0.187. The van der Waals surface area contributed by atoms with Gasteiger partial charge in [-0.3, -0.25) is 4.79 Å². The molecule has 1 N–H and O–H groups in total. The van der Waals surface area contributed by atoms with Gasteiger partial charge >= 0.3 is 6.18 Å². The van der Waals surface area contributed by atoms with Gasteiger partial charge in [0.05, 0.1) is 5.92 Å². The molecule has 9 heteroatoms. The maximum Gasteiger partial charge on any atom is 0.393 e. The number of carbonyl (C=O) groups excluding carboxylic acids is 1. The van der Waals surface area contributed by atoms with Crippen molar-refractivity contribution in [1.82, 2.24) is 15.5 Å². The van der Waals surface area contributed by atoms with E-state index in [-0.39, 0.29) is 15.9 Å². The van der Waals surface area contributed by atoms with Gasteiger partial charge in [0, 0.05) is 6.04 Å². The van der Waals surface area contributed by atoms with Crippen LogP contribution in [0.1, 0.15) is 35.5 Å². The van der Waals surface area contributed by atoms with Crippen LogP contribution in [0.3, 0.4) is 0 Å². The second-order valence-corrected chi connectivity index (χ2v) is 5.93. The highest BCUT2D eigenvalue weighted by molar-refractivity contribution is 7.17. The van der Waals surface area contributed by atoms with E-state index in [0.717, 1.165) is 11.3 Å². The molecule has 2 atom stereocenters. The Kier molecular flexibility index (Phi) is 4.29. The van der Waals surface area contributed by atoms with Crippen LogP contribution in [0, 0.1) is 5.92 Å². The Labute approximate surface area is 116 Å². The Morgan fingerprint density at radius 2 is 2.00 bits per heavy atom. The summed E-state index contributed by atoms with van der Waals surface area (Å²) in [5.41, 5.74) is 0. The van der Waals surface area contributed by atoms with Crippen LogP contribution in [0.25, 0.3) is 0 Å². The molecule has 1 heterocycles. The van der Waals surface area contributed by atoms with Gasteiger partial charge in [-0.1, -0.05) is 24.2 Å². The Balaban J connectivity index is 2.05. The van der Waals surface area contributed by atoms with E-state index in [1.807, 2.05) is 0 Å². The van der Waals surface area contributed by atoms with Crippen molar-refractivity contribution in [1.29, 1.82) is 0 Å². The average Bonchev–Trinajstić information content (AvgIpc) is 2.75. The predicted octanol–water partition coefficient (Wildman–Crippen LogP) is 3.04.